The molecule has 0 fully saturated rings. The number of amidine groups is 2. The van der Waals surface area contributed by atoms with Crippen molar-refractivity contribution in [1.29, 1.82) is 0 Å². The van der Waals surface area contributed by atoms with Gasteiger partial charge in [-0.2, -0.15) is 0 Å². The van der Waals surface area contributed by atoms with E-state index in [0.29, 0.717) is 30.7 Å². The highest BCUT2D eigenvalue weighted by molar-refractivity contribution is 5.97. The van der Waals surface area contributed by atoms with Gasteiger partial charge in [0.15, 0.2) is 0 Å². The van der Waals surface area contributed by atoms with Gasteiger partial charge in [-0.15, -0.1) is 0 Å². The van der Waals surface area contributed by atoms with Crippen LogP contribution in [0.5, 0.6) is 0 Å². The first kappa shape index (κ1) is 27.7. The fourth-order valence-electron chi connectivity index (χ4n) is 4.02. The van der Waals surface area contributed by atoms with E-state index in [4.69, 9.17) is 16.7 Å². The maximum absolute atomic E-state index is 14.8. The third-order valence-electron chi connectivity index (χ3n) is 5.99. The van der Waals surface area contributed by atoms with E-state index in [2.05, 4.69) is 10.1 Å². The Balaban J connectivity index is 1.82. The molecule has 3 rings (SSSR count). The van der Waals surface area contributed by atoms with E-state index in [-0.39, 0.29) is 17.2 Å². The molecule has 0 atom stereocenters. The van der Waals surface area contributed by atoms with Gasteiger partial charge in [0.25, 0.3) is 0 Å². The molecule has 0 heterocycles. The molecule has 10 heteroatoms. The zero-order valence-electron chi connectivity index (χ0n) is 20.0. The number of hydrogen-bond acceptors (Lipinski definition) is 4. The molecule has 0 aliphatic heterocycles. The molecule has 196 valence electrons. The monoisotopic (exact) mass is 516 g/mol. The summed E-state index contributed by atoms with van der Waals surface area (Å²) in [6.45, 7) is 0.475. The highest BCUT2D eigenvalue weighted by atomic mass is 19.1. The van der Waals surface area contributed by atoms with E-state index >= 15 is 0 Å². The van der Waals surface area contributed by atoms with Crippen molar-refractivity contribution in [3.8, 4) is 0 Å². The normalized spacial score (nSPS) is 12.7. The van der Waals surface area contributed by atoms with Crippen molar-refractivity contribution in [2.45, 2.75) is 37.7 Å². The van der Waals surface area contributed by atoms with Crippen LogP contribution in [0.25, 0.3) is 0 Å². The van der Waals surface area contributed by atoms with Crippen molar-refractivity contribution in [2.24, 2.45) is 21.6 Å². The average molecular weight is 517 g/mol. The zero-order chi connectivity index (χ0) is 27.0. The fraction of sp³-hybridized carbons (Fsp3) is 0.259. The molecule has 0 radical (unpaired) electrons. The quantitative estimate of drug-likeness (QED) is 0.0550. The minimum atomic E-state index is -2.38. The Bertz CT molecular complexity index is 1230. The third kappa shape index (κ3) is 6.65. The van der Waals surface area contributed by atoms with Crippen LogP contribution in [0.2, 0.25) is 0 Å². The van der Waals surface area contributed by atoms with Crippen molar-refractivity contribution in [2.75, 3.05) is 6.54 Å². The molecule has 0 amide bonds. The summed E-state index contributed by atoms with van der Waals surface area (Å²) in [5.74, 6) is -3.49. The number of benzene rings is 3. The molecule has 0 saturated carbocycles. The van der Waals surface area contributed by atoms with Gasteiger partial charge in [0.1, 0.15) is 40.5 Å². The van der Waals surface area contributed by atoms with E-state index in [1.165, 1.54) is 12.1 Å². The van der Waals surface area contributed by atoms with Gasteiger partial charge in [0.05, 0.1) is 0 Å². The number of halogens is 4. The molecule has 0 bridgehead atoms. The van der Waals surface area contributed by atoms with Gasteiger partial charge in [0, 0.05) is 41.8 Å². The van der Waals surface area contributed by atoms with Crippen molar-refractivity contribution >= 4 is 11.7 Å². The van der Waals surface area contributed by atoms with Crippen molar-refractivity contribution in [3.63, 3.8) is 0 Å². The summed E-state index contributed by atoms with van der Waals surface area (Å²) in [7, 11) is 0. The van der Waals surface area contributed by atoms with Crippen LogP contribution in [0.3, 0.4) is 0 Å². The third-order valence-corrected chi connectivity index (χ3v) is 5.99. The maximum Gasteiger partial charge on any atom is 0.146 e. The Labute approximate surface area is 212 Å². The SMILES string of the molecule is NC(CCCCCCN=C(N)c1ccc(C(O)(c2ccc(F)cc2F)c2ccc(F)cc2F)cc1)=NO. The summed E-state index contributed by atoms with van der Waals surface area (Å²) in [4.78, 5) is 4.34. The number of aliphatic imine (C=N–C) groups is 1. The minimum Gasteiger partial charge on any atom is -0.409 e. The van der Waals surface area contributed by atoms with E-state index in [1.807, 2.05) is 0 Å². The van der Waals surface area contributed by atoms with Crippen LogP contribution < -0.4 is 11.5 Å². The molecule has 37 heavy (non-hydrogen) atoms. The summed E-state index contributed by atoms with van der Waals surface area (Å²) in [6.07, 6.45) is 3.86. The predicted molar refractivity (Wildman–Crippen MR) is 133 cm³/mol. The van der Waals surface area contributed by atoms with Gasteiger partial charge in [0.2, 0.25) is 0 Å². The molecule has 0 aliphatic carbocycles. The Morgan fingerprint density at radius 3 is 1.81 bits per heavy atom. The molecule has 3 aromatic carbocycles. The van der Waals surface area contributed by atoms with Crippen LogP contribution in [-0.4, -0.2) is 28.5 Å². The fourth-order valence-corrected chi connectivity index (χ4v) is 4.02. The second kappa shape index (κ2) is 12.4. The Hall–Kier alpha value is -3.92. The number of rotatable bonds is 11. The molecule has 6 N–H and O–H groups in total. The topological polar surface area (TPSA) is 117 Å². The lowest BCUT2D eigenvalue weighted by molar-refractivity contribution is 0.116. The van der Waals surface area contributed by atoms with Crippen LogP contribution in [0.4, 0.5) is 17.6 Å². The van der Waals surface area contributed by atoms with Crippen molar-refractivity contribution in [3.05, 3.63) is 106 Å². The summed E-state index contributed by atoms with van der Waals surface area (Å²) >= 11 is 0. The van der Waals surface area contributed by atoms with Gasteiger partial charge in [-0.05, 0) is 42.7 Å². The average Bonchev–Trinajstić information content (AvgIpc) is 2.87. The van der Waals surface area contributed by atoms with Crippen LogP contribution in [-0.2, 0) is 5.60 Å². The van der Waals surface area contributed by atoms with Gasteiger partial charge in [-0.25, -0.2) is 17.6 Å². The molecule has 3 aromatic rings. The molecule has 0 aromatic heterocycles. The molecule has 0 saturated heterocycles. The molecular weight excluding hydrogens is 488 g/mol. The molecule has 0 unspecified atom stereocenters. The maximum atomic E-state index is 14.8. The van der Waals surface area contributed by atoms with E-state index in [1.54, 1.807) is 12.1 Å². The highest BCUT2D eigenvalue weighted by Crippen LogP contribution is 2.39. The number of aliphatic hydroxyl groups is 1. The Kier molecular flexibility index (Phi) is 9.24. The lowest BCUT2D eigenvalue weighted by Gasteiger charge is -2.31. The first-order valence-corrected chi connectivity index (χ1v) is 11.7. The number of nitrogens with two attached hydrogens (primary N) is 2. The minimum absolute atomic E-state index is 0.0609. The Morgan fingerprint density at radius 2 is 1.30 bits per heavy atom. The summed E-state index contributed by atoms with van der Waals surface area (Å²) in [6, 6.07) is 11.0. The molecule has 0 aliphatic rings. The number of unbranched alkanes of at least 4 members (excludes halogenated alkanes) is 3. The second-order valence-electron chi connectivity index (χ2n) is 8.56. The number of oxime groups is 1. The van der Waals surface area contributed by atoms with Crippen molar-refractivity contribution in [1.82, 2.24) is 0 Å². The Morgan fingerprint density at radius 1 is 0.757 bits per heavy atom. The van der Waals surface area contributed by atoms with Gasteiger partial charge in [-0.1, -0.05) is 42.3 Å². The van der Waals surface area contributed by atoms with E-state index in [0.717, 1.165) is 49.9 Å². The first-order valence-electron chi connectivity index (χ1n) is 11.7. The van der Waals surface area contributed by atoms with E-state index in [9.17, 15) is 22.7 Å². The highest BCUT2D eigenvalue weighted by Gasteiger charge is 2.39. The molecular formula is C27H28F4N4O2. The standard InChI is InChI=1S/C27H28F4N4O2/c28-19-10-12-21(23(30)15-19)27(36,22-13-11-20(29)16-24(22)31)18-8-6-17(7-9-18)26(33)34-14-4-2-1-3-5-25(32)35-37/h6-13,15-16,36-37H,1-5,14H2,(H2,32,35)(H2,33,34). The summed E-state index contributed by atoms with van der Waals surface area (Å²) < 4.78 is 56.7. The summed E-state index contributed by atoms with van der Waals surface area (Å²) in [5, 5.41) is 23.1. The predicted octanol–water partition coefficient (Wildman–Crippen LogP) is 4.93. The second-order valence-corrected chi connectivity index (χ2v) is 8.56. The first-order chi connectivity index (χ1) is 17.7. The van der Waals surface area contributed by atoms with Crippen LogP contribution in [0.1, 0.15) is 54.4 Å². The van der Waals surface area contributed by atoms with Crippen LogP contribution in [0, 0.1) is 23.3 Å². The van der Waals surface area contributed by atoms with Gasteiger partial charge in [-0.3, -0.25) is 4.99 Å². The lowest BCUT2D eigenvalue weighted by atomic mass is 9.79. The number of nitrogens with zero attached hydrogens (tertiary/aromatic N) is 2. The largest absolute Gasteiger partial charge is 0.409 e. The molecule has 6 nitrogen and oxygen atoms in total. The van der Waals surface area contributed by atoms with E-state index < -0.39 is 40.0 Å². The smallest absolute Gasteiger partial charge is 0.146 e. The number of hydrogen-bond donors (Lipinski definition) is 4. The van der Waals surface area contributed by atoms with Crippen LogP contribution in [0.15, 0.2) is 70.8 Å². The molecule has 0 spiro atoms. The summed E-state index contributed by atoms with van der Waals surface area (Å²) in [5.41, 5.74) is 8.90. The van der Waals surface area contributed by atoms with Gasteiger partial charge >= 0.3 is 0 Å². The van der Waals surface area contributed by atoms with Crippen LogP contribution >= 0.6 is 0 Å². The van der Waals surface area contributed by atoms with Gasteiger partial charge < -0.3 is 21.8 Å². The zero-order valence-corrected chi connectivity index (χ0v) is 20.0. The van der Waals surface area contributed by atoms with Crippen molar-refractivity contribution < 1.29 is 27.9 Å². The lowest BCUT2D eigenvalue weighted by Crippen LogP contribution is -2.31.